The zero-order chi connectivity index (χ0) is 19.6. The lowest BCUT2D eigenvalue weighted by molar-refractivity contribution is 0.0184. The molecule has 3 N–H and O–H groups in total. The van der Waals surface area contributed by atoms with Crippen LogP contribution in [0.4, 0.5) is 4.79 Å². The van der Waals surface area contributed by atoms with E-state index in [0.717, 1.165) is 5.56 Å². The number of aliphatic hydroxyl groups is 2. The first-order valence-electron chi connectivity index (χ1n) is 8.32. The third kappa shape index (κ3) is 6.22. The van der Waals surface area contributed by atoms with E-state index in [1.807, 2.05) is 30.3 Å². The molecule has 2 rings (SSSR count). The highest BCUT2D eigenvalue weighted by Crippen LogP contribution is 2.18. The van der Waals surface area contributed by atoms with Crippen LogP contribution < -0.4 is 5.32 Å². The molecule has 0 aromatic heterocycles. The van der Waals surface area contributed by atoms with Gasteiger partial charge in [0.05, 0.1) is 12.5 Å². The van der Waals surface area contributed by atoms with Gasteiger partial charge in [-0.3, -0.25) is 4.79 Å². The lowest BCUT2D eigenvalue weighted by Crippen LogP contribution is -2.35. The van der Waals surface area contributed by atoms with Crippen molar-refractivity contribution in [1.82, 2.24) is 5.32 Å². The minimum Gasteiger partial charge on any atom is -0.445 e. The Labute approximate surface area is 156 Å². The maximum absolute atomic E-state index is 11.7. The van der Waals surface area contributed by atoms with Gasteiger partial charge in [0.1, 0.15) is 18.8 Å². The second-order valence-electron chi connectivity index (χ2n) is 5.83. The van der Waals surface area contributed by atoms with E-state index in [4.69, 9.17) is 10.00 Å². The molecule has 0 aliphatic rings. The van der Waals surface area contributed by atoms with Gasteiger partial charge in [0, 0.05) is 12.1 Å². The van der Waals surface area contributed by atoms with Crippen molar-refractivity contribution < 1.29 is 24.5 Å². The molecule has 0 aliphatic heterocycles. The Morgan fingerprint density at radius 1 is 1.07 bits per heavy atom. The van der Waals surface area contributed by atoms with Crippen molar-refractivity contribution in [3.8, 4) is 6.07 Å². The predicted molar refractivity (Wildman–Crippen MR) is 96.6 cm³/mol. The molecule has 2 atom stereocenters. The van der Waals surface area contributed by atoms with Gasteiger partial charge >= 0.3 is 6.09 Å². The SMILES string of the molecule is N#CCC(=O)c1ccc(C(O)C(O)CNC(=O)OCc2ccccc2)cc1. The maximum Gasteiger partial charge on any atom is 0.407 e. The molecule has 2 aromatic rings. The first kappa shape index (κ1) is 20.1. The van der Waals surface area contributed by atoms with Gasteiger partial charge in [-0.25, -0.2) is 4.79 Å². The Hall–Kier alpha value is -3.21. The van der Waals surface area contributed by atoms with Crippen LogP contribution in [0.5, 0.6) is 0 Å². The number of Topliss-reactive ketones (excluding diaryl/α,β-unsaturated/α-hetero) is 1. The molecule has 0 aliphatic carbocycles. The fourth-order valence-electron chi connectivity index (χ4n) is 2.34. The van der Waals surface area contributed by atoms with Crippen molar-refractivity contribution in [3.63, 3.8) is 0 Å². The molecule has 7 heteroatoms. The molecule has 0 saturated carbocycles. The highest BCUT2D eigenvalue weighted by molar-refractivity contribution is 5.97. The van der Waals surface area contributed by atoms with Crippen LogP contribution in [0.1, 0.15) is 34.0 Å². The topological polar surface area (TPSA) is 120 Å². The second kappa shape index (κ2) is 10.1. The Kier molecular flexibility index (Phi) is 7.49. The van der Waals surface area contributed by atoms with Crippen LogP contribution in [-0.2, 0) is 11.3 Å². The number of carbonyl (C=O) groups excluding carboxylic acids is 2. The summed E-state index contributed by atoms with van der Waals surface area (Å²) < 4.78 is 5.02. The number of amides is 1. The van der Waals surface area contributed by atoms with E-state index in [2.05, 4.69) is 5.32 Å². The van der Waals surface area contributed by atoms with E-state index in [9.17, 15) is 19.8 Å². The van der Waals surface area contributed by atoms with Gasteiger partial charge in [0.25, 0.3) is 0 Å². The number of ketones is 1. The lowest BCUT2D eigenvalue weighted by Gasteiger charge is -2.19. The molecule has 1 amide bonds. The third-order valence-electron chi connectivity index (χ3n) is 3.85. The van der Waals surface area contributed by atoms with Crippen molar-refractivity contribution in [1.29, 1.82) is 5.26 Å². The summed E-state index contributed by atoms with van der Waals surface area (Å²) in [6, 6.07) is 16.9. The first-order chi connectivity index (χ1) is 13.0. The first-order valence-corrected chi connectivity index (χ1v) is 8.32. The van der Waals surface area contributed by atoms with E-state index < -0.39 is 18.3 Å². The maximum atomic E-state index is 11.7. The van der Waals surface area contributed by atoms with E-state index >= 15 is 0 Å². The number of alkyl carbamates (subject to hydrolysis) is 1. The molecule has 27 heavy (non-hydrogen) atoms. The summed E-state index contributed by atoms with van der Waals surface area (Å²) in [7, 11) is 0. The summed E-state index contributed by atoms with van der Waals surface area (Å²) in [6.07, 6.45) is -3.43. The van der Waals surface area contributed by atoms with Crippen LogP contribution in [0.25, 0.3) is 0 Å². The Bertz CT molecular complexity index is 799. The van der Waals surface area contributed by atoms with Gasteiger partial charge in [0.15, 0.2) is 5.78 Å². The summed E-state index contributed by atoms with van der Waals surface area (Å²) in [4.78, 5) is 23.3. The van der Waals surface area contributed by atoms with Gasteiger partial charge in [-0.2, -0.15) is 5.26 Å². The average molecular weight is 368 g/mol. The molecule has 0 spiro atoms. The number of hydrogen-bond acceptors (Lipinski definition) is 6. The van der Waals surface area contributed by atoms with Crippen molar-refractivity contribution in [2.45, 2.75) is 25.2 Å². The second-order valence-corrected chi connectivity index (χ2v) is 5.83. The van der Waals surface area contributed by atoms with Crippen molar-refractivity contribution >= 4 is 11.9 Å². The van der Waals surface area contributed by atoms with Gasteiger partial charge < -0.3 is 20.3 Å². The lowest BCUT2D eigenvalue weighted by atomic mass is 10.0. The number of ether oxygens (including phenoxy) is 1. The number of aliphatic hydroxyl groups excluding tert-OH is 2. The molecule has 0 saturated heterocycles. The van der Waals surface area contributed by atoms with Crippen molar-refractivity contribution in [3.05, 3.63) is 71.3 Å². The van der Waals surface area contributed by atoms with Crippen LogP contribution in [-0.4, -0.2) is 34.7 Å². The highest BCUT2D eigenvalue weighted by atomic mass is 16.5. The van der Waals surface area contributed by atoms with Crippen LogP contribution in [0, 0.1) is 11.3 Å². The molecule has 7 nitrogen and oxygen atoms in total. The minimum atomic E-state index is -1.25. The van der Waals surface area contributed by atoms with E-state index in [1.165, 1.54) is 24.3 Å². The summed E-state index contributed by atoms with van der Waals surface area (Å²) in [5.74, 6) is -0.318. The standard InChI is InChI=1S/C20H20N2O5/c21-11-10-17(23)15-6-8-16(9-7-15)19(25)18(24)12-22-20(26)27-13-14-4-2-1-3-5-14/h1-9,18-19,24-25H,10,12-13H2,(H,22,26). The zero-order valence-corrected chi connectivity index (χ0v) is 14.5. The number of benzene rings is 2. The number of rotatable bonds is 8. The normalized spacial score (nSPS) is 12.5. The van der Waals surface area contributed by atoms with Crippen LogP contribution in [0.15, 0.2) is 54.6 Å². The smallest absolute Gasteiger partial charge is 0.407 e. The van der Waals surface area contributed by atoms with Gasteiger partial charge in [-0.15, -0.1) is 0 Å². The molecule has 0 bridgehead atoms. The van der Waals surface area contributed by atoms with E-state index in [-0.39, 0.29) is 25.4 Å². The van der Waals surface area contributed by atoms with E-state index in [0.29, 0.717) is 11.1 Å². The van der Waals surface area contributed by atoms with Crippen LogP contribution >= 0.6 is 0 Å². The summed E-state index contributed by atoms with van der Waals surface area (Å²) >= 11 is 0. The number of nitrogens with zero attached hydrogens (tertiary/aromatic N) is 1. The monoisotopic (exact) mass is 368 g/mol. The van der Waals surface area contributed by atoms with E-state index in [1.54, 1.807) is 6.07 Å². The van der Waals surface area contributed by atoms with Crippen LogP contribution in [0.2, 0.25) is 0 Å². The van der Waals surface area contributed by atoms with Crippen LogP contribution in [0.3, 0.4) is 0 Å². The third-order valence-corrected chi connectivity index (χ3v) is 3.85. The summed E-state index contributed by atoms with van der Waals surface area (Å²) in [5, 5.41) is 31.1. The Morgan fingerprint density at radius 3 is 2.37 bits per heavy atom. The number of carbonyl (C=O) groups is 2. The molecular formula is C20H20N2O5. The van der Waals surface area contributed by atoms with Gasteiger partial charge in [0.2, 0.25) is 0 Å². The fraction of sp³-hybridized carbons (Fsp3) is 0.250. The molecule has 2 unspecified atom stereocenters. The molecular weight excluding hydrogens is 348 g/mol. The number of nitrogens with one attached hydrogen (secondary N) is 1. The quantitative estimate of drug-likeness (QED) is 0.614. The summed E-state index contributed by atoms with van der Waals surface area (Å²) in [5.41, 5.74) is 1.57. The summed E-state index contributed by atoms with van der Waals surface area (Å²) in [6.45, 7) is -0.104. The highest BCUT2D eigenvalue weighted by Gasteiger charge is 2.20. The van der Waals surface area contributed by atoms with Crippen molar-refractivity contribution in [2.75, 3.05) is 6.54 Å². The predicted octanol–water partition coefficient (Wildman–Crippen LogP) is 2.10. The average Bonchev–Trinajstić information content (AvgIpc) is 2.71. The largest absolute Gasteiger partial charge is 0.445 e. The van der Waals surface area contributed by atoms with Gasteiger partial charge in [-0.05, 0) is 11.1 Å². The minimum absolute atomic E-state index is 0.101. The Balaban J connectivity index is 1.80. The van der Waals surface area contributed by atoms with Crippen molar-refractivity contribution in [2.24, 2.45) is 0 Å². The fourth-order valence-corrected chi connectivity index (χ4v) is 2.34. The Morgan fingerprint density at radius 2 is 1.74 bits per heavy atom. The number of nitriles is 1. The molecule has 0 heterocycles. The zero-order valence-electron chi connectivity index (χ0n) is 14.5. The molecule has 2 aromatic carbocycles. The van der Waals surface area contributed by atoms with Gasteiger partial charge in [-0.1, -0.05) is 54.6 Å². The molecule has 140 valence electrons. The molecule has 0 radical (unpaired) electrons. The number of hydrogen-bond donors (Lipinski definition) is 3. The molecule has 0 fully saturated rings.